The molecule has 0 aliphatic heterocycles. The maximum absolute atomic E-state index is 13.1. The second kappa shape index (κ2) is 4.69. The first-order valence-corrected chi connectivity index (χ1v) is 6.71. The molecule has 0 saturated heterocycles. The lowest BCUT2D eigenvalue weighted by Crippen LogP contribution is -1.98. The van der Waals surface area contributed by atoms with Crippen LogP contribution in [0.5, 0.6) is 0 Å². The van der Waals surface area contributed by atoms with Crippen LogP contribution < -0.4 is 0 Å². The van der Waals surface area contributed by atoms with Gasteiger partial charge in [0.2, 0.25) is 0 Å². The number of fused-ring (bicyclic) bond motifs is 1. The molecule has 1 aliphatic rings. The molecule has 2 nitrogen and oxygen atoms in total. The fourth-order valence-corrected chi connectivity index (χ4v) is 2.88. The van der Waals surface area contributed by atoms with E-state index in [2.05, 4.69) is 15.6 Å². The van der Waals surface area contributed by atoms with Crippen molar-refractivity contribution in [2.45, 2.75) is 32.2 Å². The summed E-state index contributed by atoms with van der Waals surface area (Å²) in [5.41, 5.74) is 3.29. The van der Waals surface area contributed by atoms with Crippen LogP contribution in [0.15, 0.2) is 29.8 Å². The first-order chi connectivity index (χ1) is 8.74. The van der Waals surface area contributed by atoms with Crippen LogP contribution in [0.1, 0.15) is 25.7 Å². The van der Waals surface area contributed by atoms with Crippen molar-refractivity contribution in [3.63, 3.8) is 0 Å². The van der Waals surface area contributed by atoms with Gasteiger partial charge in [0.15, 0.2) is 4.77 Å². The van der Waals surface area contributed by atoms with E-state index in [0.29, 0.717) is 4.77 Å². The molecule has 0 fully saturated rings. The average Bonchev–Trinajstić information content (AvgIpc) is 2.93. The number of allylic oxidation sites excluding steroid dienone is 2. The molecule has 1 aliphatic carbocycles. The molecule has 0 spiro atoms. The standard InChI is InChI=1S/C14H15FN2S/c15-11-5-6-13-12(9-11)16-14(18)17(13)8-7-10-3-1-2-4-10/h3,5-6,9H,1-2,4,7-8H2,(H,16,18). The fourth-order valence-electron chi connectivity index (χ4n) is 2.58. The van der Waals surface area contributed by atoms with Gasteiger partial charge in [0, 0.05) is 6.54 Å². The van der Waals surface area contributed by atoms with E-state index in [1.54, 1.807) is 6.07 Å². The molecule has 1 aromatic heterocycles. The monoisotopic (exact) mass is 262 g/mol. The van der Waals surface area contributed by atoms with Crippen LogP contribution in [-0.4, -0.2) is 9.55 Å². The predicted octanol–water partition coefficient (Wildman–Crippen LogP) is 4.34. The fraction of sp³-hybridized carbons (Fsp3) is 0.357. The molecule has 0 unspecified atom stereocenters. The van der Waals surface area contributed by atoms with Crippen molar-refractivity contribution in [2.24, 2.45) is 0 Å². The van der Waals surface area contributed by atoms with Crippen LogP contribution in [-0.2, 0) is 6.54 Å². The lowest BCUT2D eigenvalue weighted by atomic mass is 10.1. The minimum Gasteiger partial charge on any atom is -0.330 e. The van der Waals surface area contributed by atoms with Crippen LogP contribution >= 0.6 is 12.2 Å². The third-order valence-electron chi connectivity index (χ3n) is 3.53. The van der Waals surface area contributed by atoms with Gasteiger partial charge >= 0.3 is 0 Å². The zero-order chi connectivity index (χ0) is 12.5. The minimum absolute atomic E-state index is 0.232. The molecule has 0 amide bonds. The summed E-state index contributed by atoms with van der Waals surface area (Å²) >= 11 is 5.30. The number of imidazole rings is 1. The van der Waals surface area contributed by atoms with Gasteiger partial charge in [-0.25, -0.2) is 4.39 Å². The lowest BCUT2D eigenvalue weighted by Gasteiger charge is -2.05. The van der Waals surface area contributed by atoms with Crippen LogP contribution in [0, 0.1) is 10.6 Å². The molecular formula is C14H15FN2S. The SMILES string of the molecule is Fc1ccc2c(c1)[nH]c(=S)n2CCC1=CCCC1. The Bertz CT molecular complexity index is 666. The zero-order valence-electron chi connectivity index (χ0n) is 10.1. The van der Waals surface area contributed by atoms with Gasteiger partial charge in [-0.2, -0.15) is 0 Å². The quantitative estimate of drug-likeness (QED) is 0.644. The number of nitrogens with one attached hydrogen (secondary N) is 1. The van der Waals surface area contributed by atoms with Gasteiger partial charge in [-0.05, 0) is 56.1 Å². The second-order valence-corrected chi connectivity index (χ2v) is 5.13. The summed E-state index contributed by atoms with van der Waals surface area (Å²) in [6.07, 6.45) is 7.07. The molecule has 3 rings (SSSR count). The summed E-state index contributed by atoms with van der Waals surface area (Å²) < 4.78 is 15.9. The average molecular weight is 262 g/mol. The van der Waals surface area contributed by atoms with E-state index in [-0.39, 0.29) is 5.82 Å². The van der Waals surface area contributed by atoms with Gasteiger partial charge < -0.3 is 9.55 Å². The number of rotatable bonds is 3. The summed E-state index contributed by atoms with van der Waals surface area (Å²) in [7, 11) is 0. The highest BCUT2D eigenvalue weighted by Gasteiger charge is 2.08. The van der Waals surface area contributed by atoms with E-state index in [1.807, 2.05) is 0 Å². The normalized spacial score (nSPS) is 15.3. The number of benzene rings is 1. The van der Waals surface area contributed by atoms with Gasteiger partial charge in [0.25, 0.3) is 0 Å². The molecular weight excluding hydrogens is 247 g/mol. The van der Waals surface area contributed by atoms with Crippen LogP contribution in [0.4, 0.5) is 4.39 Å². The molecule has 1 N–H and O–H groups in total. The van der Waals surface area contributed by atoms with E-state index in [0.717, 1.165) is 24.0 Å². The van der Waals surface area contributed by atoms with Crippen molar-refractivity contribution in [3.8, 4) is 0 Å². The molecule has 4 heteroatoms. The Morgan fingerprint density at radius 3 is 3.06 bits per heavy atom. The topological polar surface area (TPSA) is 20.7 Å². The van der Waals surface area contributed by atoms with Crippen molar-refractivity contribution < 1.29 is 4.39 Å². The van der Waals surface area contributed by atoms with E-state index in [9.17, 15) is 4.39 Å². The molecule has 0 atom stereocenters. The predicted molar refractivity (Wildman–Crippen MR) is 73.6 cm³/mol. The van der Waals surface area contributed by atoms with Gasteiger partial charge in [-0.3, -0.25) is 0 Å². The number of aryl methyl sites for hydroxylation is 1. The largest absolute Gasteiger partial charge is 0.330 e. The molecule has 1 heterocycles. The second-order valence-electron chi connectivity index (χ2n) is 4.75. The molecule has 0 radical (unpaired) electrons. The van der Waals surface area contributed by atoms with Crippen molar-refractivity contribution in [2.75, 3.05) is 0 Å². The highest BCUT2D eigenvalue weighted by atomic mass is 32.1. The van der Waals surface area contributed by atoms with Crippen LogP contribution in [0.25, 0.3) is 11.0 Å². The van der Waals surface area contributed by atoms with Crippen molar-refractivity contribution in [3.05, 3.63) is 40.4 Å². The maximum atomic E-state index is 13.1. The van der Waals surface area contributed by atoms with Crippen molar-refractivity contribution in [1.82, 2.24) is 9.55 Å². The zero-order valence-corrected chi connectivity index (χ0v) is 10.9. The van der Waals surface area contributed by atoms with E-state index in [1.165, 1.54) is 37.0 Å². The molecule has 0 bridgehead atoms. The first-order valence-electron chi connectivity index (χ1n) is 6.30. The van der Waals surface area contributed by atoms with E-state index in [4.69, 9.17) is 12.2 Å². The first kappa shape index (κ1) is 11.7. The number of hydrogen-bond acceptors (Lipinski definition) is 1. The maximum Gasteiger partial charge on any atom is 0.178 e. The van der Waals surface area contributed by atoms with Crippen molar-refractivity contribution >= 4 is 23.3 Å². The Hall–Kier alpha value is -1.42. The number of aromatic nitrogens is 2. The molecule has 0 saturated carbocycles. The van der Waals surface area contributed by atoms with Gasteiger partial charge in [-0.1, -0.05) is 11.6 Å². The van der Waals surface area contributed by atoms with Crippen molar-refractivity contribution in [1.29, 1.82) is 0 Å². The Morgan fingerprint density at radius 2 is 2.28 bits per heavy atom. The van der Waals surface area contributed by atoms with Gasteiger partial charge in [0.1, 0.15) is 5.82 Å². The molecule has 1 aromatic carbocycles. The van der Waals surface area contributed by atoms with E-state index >= 15 is 0 Å². The third kappa shape index (κ3) is 2.12. The molecule has 94 valence electrons. The number of H-pyrrole nitrogens is 1. The summed E-state index contributed by atoms with van der Waals surface area (Å²) in [4.78, 5) is 3.06. The van der Waals surface area contributed by atoms with Crippen LogP contribution in [0.3, 0.4) is 0 Å². The summed E-state index contributed by atoms with van der Waals surface area (Å²) in [6.45, 7) is 0.871. The number of hydrogen-bond donors (Lipinski definition) is 1. The number of nitrogens with zero attached hydrogens (tertiary/aromatic N) is 1. The summed E-state index contributed by atoms with van der Waals surface area (Å²) in [6, 6.07) is 4.77. The Kier molecular flexibility index (Phi) is 3.04. The summed E-state index contributed by atoms with van der Waals surface area (Å²) in [5.74, 6) is -0.232. The number of aromatic amines is 1. The highest BCUT2D eigenvalue weighted by molar-refractivity contribution is 7.71. The van der Waals surface area contributed by atoms with Gasteiger partial charge in [-0.15, -0.1) is 0 Å². The third-order valence-corrected chi connectivity index (χ3v) is 3.85. The number of halogens is 1. The van der Waals surface area contributed by atoms with Gasteiger partial charge in [0.05, 0.1) is 11.0 Å². The van der Waals surface area contributed by atoms with Crippen LogP contribution in [0.2, 0.25) is 0 Å². The smallest absolute Gasteiger partial charge is 0.178 e. The Morgan fingerprint density at radius 1 is 1.39 bits per heavy atom. The Balaban J connectivity index is 1.91. The summed E-state index contributed by atoms with van der Waals surface area (Å²) in [5, 5.41) is 0. The highest BCUT2D eigenvalue weighted by Crippen LogP contribution is 2.23. The molecule has 18 heavy (non-hydrogen) atoms. The van der Waals surface area contributed by atoms with E-state index < -0.39 is 0 Å². The Labute approximate surface area is 110 Å². The molecule has 2 aromatic rings. The lowest BCUT2D eigenvalue weighted by molar-refractivity contribution is 0.629. The minimum atomic E-state index is -0.232.